The van der Waals surface area contributed by atoms with Crippen LogP contribution in [0, 0.1) is 0 Å². The second kappa shape index (κ2) is 4.75. The summed E-state index contributed by atoms with van der Waals surface area (Å²) in [6.07, 6.45) is 0.972. The molecule has 2 atom stereocenters. The summed E-state index contributed by atoms with van der Waals surface area (Å²) in [6.45, 7) is 1.47. The maximum atomic E-state index is 11.0. The summed E-state index contributed by atoms with van der Waals surface area (Å²) in [5.74, 6) is 0.617. The lowest BCUT2D eigenvalue weighted by Crippen LogP contribution is -2.40. The van der Waals surface area contributed by atoms with Crippen LogP contribution in [0.15, 0.2) is 18.2 Å². The Balaban J connectivity index is 2.26. The average molecular weight is 235 g/mol. The Morgan fingerprint density at radius 2 is 2.29 bits per heavy atom. The molecule has 1 aromatic carbocycles. The second-order valence-electron chi connectivity index (χ2n) is 4.36. The lowest BCUT2D eigenvalue weighted by Gasteiger charge is -2.30. The van der Waals surface area contributed by atoms with Crippen molar-refractivity contribution >= 4 is 5.91 Å². The number of hydrogen-bond donors (Lipinski definition) is 2. The van der Waals surface area contributed by atoms with Gasteiger partial charge >= 0.3 is 0 Å². The van der Waals surface area contributed by atoms with Gasteiger partial charge in [-0.2, -0.15) is 0 Å². The van der Waals surface area contributed by atoms with Gasteiger partial charge in [-0.05, 0) is 36.1 Å². The quantitative estimate of drug-likeness (QED) is 0.809. The maximum Gasteiger partial charge on any atom is 0.217 e. The first kappa shape index (κ1) is 11.9. The van der Waals surface area contributed by atoms with Gasteiger partial charge in [0.2, 0.25) is 5.91 Å². The molecule has 4 nitrogen and oxygen atoms in total. The average Bonchev–Trinajstić information content (AvgIpc) is 2.32. The molecular formula is C13H17NO3. The third-order valence-corrected chi connectivity index (χ3v) is 3.17. The predicted molar refractivity (Wildman–Crippen MR) is 63.9 cm³/mol. The molecule has 0 fully saturated rings. The van der Waals surface area contributed by atoms with Crippen molar-refractivity contribution < 1.29 is 14.6 Å². The molecule has 0 bridgehead atoms. The van der Waals surface area contributed by atoms with E-state index in [2.05, 4.69) is 5.32 Å². The van der Waals surface area contributed by atoms with Gasteiger partial charge < -0.3 is 15.2 Å². The minimum absolute atomic E-state index is 0.111. The van der Waals surface area contributed by atoms with E-state index in [1.807, 2.05) is 18.2 Å². The number of amides is 1. The number of hydrogen-bond acceptors (Lipinski definition) is 3. The SMILES string of the molecule is COc1ccc2c(c1)[C@@H](O)[C@H](NC(C)=O)CC2. The number of rotatable bonds is 2. The van der Waals surface area contributed by atoms with E-state index in [0.717, 1.165) is 29.7 Å². The number of methoxy groups -OCH3 is 1. The Kier molecular flexibility index (Phi) is 3.33. The van der Waals surface area contributed by atoms with Crippen LogP contribution in [-0.2, 0) is 11.2 Å². The van der Waals surface area contributed by atoms with E-state index in [1.54, 1.807) is 7.11 Å². The van der Waals surface area contributed by atoms with Crippen molar-refractivity contribution in [3.8, 4) is 5.75 Å². The van der Waals surface area contributed by atoms with Crippen molar-refractivity contribution in [1.29, 1.82) is 0 Å². The van der Waals surface area contributed by atoms with Gasteiger partial charge in [-0.25, -0.2) is 0 Å². The molecular weight excluding hydrogens is 218 g/mol. The zero-order valence-electron chi connectivity index (χ0n) is 10.1. The third kappa shape index (κ3) is 2.42. The van der Waals surface area contributed by atoms with Crippen LogP contribution >= 0.6 is 0 Å². The van der Waals surface area contributed by atoms with Crippen LogP contribution in [0.2, 0.25) is 0 Å². The smallest absolute Gasteiger partial charge is 0.217 e. The Hall–Kier alpha value is -1.55. The standard InChI is InChI=1S/C13H17NO3/c1-8(15)14-12-6-4-9-3-5-10(17-2)7-11(9)13(12)16/h3,5,7,12-13,16H,4,6H2,1-2H3,(H,14,15)/t12-,13-/m1/s1. The molecule has 2 rings (SSSR count). The summed E-state index contributed by atoms with van der Waals surface area (Å²) in [5, 5.41) is 13.0. The van der Waals surface area contributed by atoms with Crippen LogP contribution in [0.3, 0.4) is 0 Å². The van der Waals surface area contributed by atoms with Crippen LogP contribution in [0.4, 0.5) is 0 Å². The maximum absolute atomic E-state index is 11.0. The molecule has 0 unspecified atom stereocenters. The number of carbonyl (C=O) groups is 1. The highest BCUT2D eigenvalue weighted by Crippen LogP contribution is 2.32. The normalized spacial score (nSPS) is 22.8. The largest absolute Gasteiger partial charge is 0.497 e. The molecule has 1 aliphatic rings. The molecule has 1 amide bonds. The fourth-order valence-electron chi connectivity index (χ4n) is 2.30. The third-order valence-electron chi connectivity index (χ3n) is 3.17. The monoisotopic (exact) mass is 235 g/mol. The van der Waals surface area contributed by atoms with E-state index >= 15 is 0 Å². The van der Waals surface area contributed by atoms with Gasteiger partial charge in [-0.15, -0.1) is 0 Å². The highest BCUT2D eigenvalue weighted by Gasteiger charge is 2.28. The van der Waals surface area contributed by atoms with Crippen molar-refractivity contribution in [2.75, 3.05) is 7.11 Å². The summed E-state index contributed by atoms with van der Waals surface area (Å²) < 4.78 is 5.15. The zero-order chi connectivity index (χ0) is 12.4. The van der Waals surface area contributed by atoms with Gasteiger partial charge in [-0.1, -0.05) is 6.07 Å². The van der Waals surface area contributed by atoms with Crippen molar-refractivity contribution in [3.05, 3.63) is 29.3 Å². The van der Waals surface area contributed by atoms with E-state index < -0.39 is 6.10 Å². The fraction of sp³-hybridized carbons (Fsp3) is 0.462. The molecule has 0 saturated heterocycles. The minimum atomic E-state index is -0.655. The molecule has 92 valence electrons. The van der Waals surface area contributed by atoms with Crippen molar-refractivity contribution in [1.82, 2.24) is 5.32 Å². The lowest BCUT2D eigenvalue weighted by molar-refractivity contribution is -0.120. The predicted octanol–water partition coefficient (Wildman–Crippen LogP) is 1.18. The van der Waals surface area contributed by atoms with Crippen molar-refractivity contribution in [3.63, 3.8) is 0 Å². The molecule has 1 aliphatic carbocycles. The summed E-state index contributed by atoms with van der Waals surface area (Å²) in [4.78, 5) is 11.0. The molecule has 17 heavy (non-hydrogen) atoms. The van der Waals surface area contributed by atoms with Crippen molar-refractivity contribution in [2.24, 2.45) is 0 Å². The van der Waals surface area contributed by atoms with Gasteiger partial charge in [0.25, 0.3) is 0 Å². The lowest BCUT2D eigenvalue weighted by atomic mass is 9.85. The van der Waals surface area contributed by atoms with E-state index in [1.165, 1.54) is 6.92 Å². The molecule has 2 N–H and O–H groups in total. The Morgan fingerprint density at radius 1 is 1.53 bits per heavy atom. The molecule has 0 heterocycles. The summed E-state index contributed by atoms with van der Waals surface area (Å²) in [7, 11) is 1.60. The van der Waals surface area contributed by atoms with Crippen LogP contribution in [-0.4, -0.2) is 24.2 Å². The molecule has 4 heteroatoms. The van der Waals surface area contributed by atoms with Gasteiger partial charge in [0.05, 0.1) is 19.3 Å². The van der Waals surface area contributed by atoms with Crippen LogP contribution < -0.4 is 10.1 Å². The Morgan fingerprint density at radius 3 is 2.94 bits per heavy atom. The summed E-state index contributed by atoms with van der Waals surface area (Å²) >= 11 is 0. The number of fused-ring (bicyclic) bond motifs is 1. The van der Waals surface area contributed by atoms with Crippen LogP contribution in [0.1, 0.15) is 30.6 Å². The summed E-state index contributed by atoms with van der Waals surface area (Å²) in [6, 6.07) is 5.51. The van der Waals surface area contributed by atoms with Gasteiger partial charge in [0.15, 0.2) is 0 Å². The molecule has 0 radical (unpaired) electrons. The summed E-state index contributed by atoms with van der Waals surface area (Å²) in [5.41, 5.74) is 1.98. The van der Waals surface area contributed by atoms with E-state index in [4.69, 9.17) is 4.74 Å². The first-order chi connectivity index (χ1) is 8.11. The second-order valence-corrected chi connectivity index (χ2v) is 4.36. The number of aliphatic hydroxyl groups excluding tert-OH is 1. The van der Waals surface area contributed by atoms with Crippen molar-refractivity contribution in [2.45, 2.75) is 31.9 Å². The van der Waals surface area contributed by atoms with E-state index in [0.29, 0.717) is 0 Å². The number of aliphatic hydroxyl groups is 1. The van der Waals surface area contributed by atoms with E-state index in [-0.39, 0.29) is 11.9 Å². The highest BCUT2D eigenvalue weighted by atomic mass is 16.5. The van der Waals surface area contributed by atoms with Crippen LogP contribution in [0.5, 0.6) is 5.75 Å². The number of nitrogens with one attached hydrogen (secondary N) is 1. The Bertz CT molecular complexity index is 431. The molecule has 0 saturated carbocycles. The van der Waals surface area contributed by atoms with Crippen LogP contribution in [0.25, 0.3) is 0 Å². The van der Waals surface area contributed by atoms with Gasteiger partial charge in [-0.3, -0.25) is 4.79 Å². The minimum Gasteiger partial charge on any atom is -0.497 e. The number of benzene rings is 1. The first-order valence-corrected chi connectivity index (χ1v) is 5.74. The zero-order valence-corrected chi connectivity index (χ0v) is 10.1. The highest BCUT2D eigenvalue weighted by molar-refractivity contribution is 5.73. The molecule has 0 aliphatic heterocycles. The van der Waals surface area contributed by atoms with Gasteiger partial charge in [0, 0.05) is 6.92 Å². The topological polar surface area (TPSA) is 58.6 Å². The molecule has 1 aromatic rings. The van der Waals surface area contributed by atoms with Gasteiger partial charge in [0.1, 0.15) is 5.75 Å². The number of aryl methyl sites for hydroxylation is 1. The Labute approximate surface area is 101 Å². The number of ether oxygens (including phenoxy) is 1. The fourth-order valence-corrected chi connectivity index (χ4v) is 2.30. The number of carbonyl (C=O) groups excluding carboxylic acids is 1. The van der Waals surface area contributed by atoms with E-state index in [9.17, 15) is 9.90 Å². The molecule has 0 aromatic heterocycles. The first-order valence-electron chi connectivity index (χ1n) is 5.74. The molecule has 0 spiro atoms.